The topological polar surface area (TPSA) is 209 Å². The highest BCUT2D eigenvalue weighted by atomic mass is 32.2. The summed E-state index contributed by atoms with van der Waals surface area (Å²) in [4.78, 5) is 49.4. The van der Waals surface area contributed by atoms with Crippen molar-refractivity contribution in [3.05, 3.63) is 146 Å². The zero-order valence-corrected chi connectivity index (χ0v) is 35.2. The highest BCUT2D eigenvalue weighted by molar-refractivity contribution is 7.86. The molecular formula is C45H46N4O12S. The molecule has 2 heterocycles. The second-order valence-electron chi connectivity index (χ2n) is 14.8. The lowest BCUT2D eigenvalue weighted by molar-refractivity contribution is -0.385. The Balaban J connectivity index is 0.000000218. The summed E-state index contributed by atoms with van der Waals surface area (Å²) in [6.07, 6.45) is 1.88. The van der Waals surface area contributed by atoms with Crippen molar-refractivity contribution in [2.45, 2.75) is 62.7 Å². The monoisotopic (exact) mass is 866 g/mol. The largest absolute Gasteiger partial charge is 0.496 e. The number of carbonyl (C=O) groups excluding carboxylic acids is 2. The Morgan fingerprint density at radius 3 is 1.60 bits per heavy atom. The molecule has 62 heavy (non-hydrogen) atoms. The van der Waals surface area contributed by atoms with E-state index in [2.05, 4.69) is 0 Å². The van der Waals surface area contributed by atoms with E-state index in [1.54, 1.807) is 65.4 Å². The summed E-state index contributed by atoms with van der Waals surface area (Å²) in [5.41, 5.74) is 5.21. The number of hydrogen-bond donors (Lipinski definition) is 1. The van der Waals surface area contributed by atoms with Crippen LogP contribution in [0.5, 0.6) is 11.5 Å². The first-order valence-electron chi connectivity index (χ1n) is 19.7. The van der Waals surface area contributed by atoms with Gasteiger partial charge in [0.05, 0.1) is 54.3 Å². The molecule has 5 aromatic rings. The number of nitro groups is 2. The van der Waals surface area contributed by atoms with E-state index in [9.17, 15) is 43.3 Å². The lowest BCUT2D eigenvalue weighted by Crippen LogP contribution is -2.36. The third-order valence-electron chi connectivity index (χ3n) is 10.8. The normalized spacial score (nSPS) is 16.2. The lowest BCUT2D eigenvalue weighted by Gasteiger charge is -2.25. The van der Waals surface area contributed by atoms with Crippen LogP contribution in [-0.4, -0.2) is 84.5 Å². The van der Waals surface area contributed by atoms with E-state index in [0.717, 1.165) is 22.3 Å². The van der Waals surface area contributed by atoms with Gasteiger partial charge in [-0.15, -0.1) is 0 Å². The van der Waals surface area contributed by atoms with Gasteiger partial charge >= 0.3 is 0 Å². The van der Waals surface area contributed by atoms with Gasteiger partial charge in [-0.25, -0.2) is 0 Å². The van der Waals surface area contributed by atoms with Crippen molar-refractivity contribution in [2.75, 3.05) is 27.4 Å². The second kappa shape index (κ2) is 19.8. The zero-order chi connectivity index (χ0) is 44.6. The number of hydrogen-bond acceptors (Lipinski definition) is 12. The first-order valence-corrected chi connectivity index (χ1v) is 21.1. The number of non-ortho nitro benzene ring substituents is 2. The molecule has 0 aliphatic carbocycles. The summed E-state index contributed by atoms with van der Waals surface area (Å²) >= 11 is 0. The predicted octanol–water partition coefficient (Wildman–Crippen LogP) is 7.23. The van der Waals surface area contributed by atoms with Crippen LogP contribution in [-0.2, 0) is 37.0 Å². The van der Waals surface area contributed by atoms with E-state index in [1.807, 2.05) is 31.2 Å². The quantitative estimate of drug-likeness (QED) is 0.0628. The van der Waals surface area contributed by atoms with Crippen LogP contribution in [0.3, 0.4) is 0 Å². The maximum Gasteiger partial charge on any atom is 0.297 e. The molecule has 0 saturated carbocycles. The standard InChI is InChI=1S/C26H26N2O7S.C19H20N2O5/c1-18-6-10-23(11-7-18)36(32,33)35-17-22-9-13-26(29)27(22)16-19-8-12-25(34-2)24(14-19)20-4-3-5-21(15-20)28(30)31;1-26-18-7-5-13(11-20-16(12-22)6-8-19(20)23)9-17(18)14-3-2-4-15(10-14)21(24)25/h3-8,10-12,14-15,22H,9,13,16-17H2,1-2H3;2-5,7,9-10,16,22H,6,8,11-12H2,1H3. The number of aliphatic hydroxyl groups is 1. The molecule has 2 fully saturated rings. The Morgan fingerprint density at radius 1 is 0.677 bits per heavy atom. The highest BCUT2D eigenvalue weighted by Crippen LogP contribution is 2.36. The minimum Gasteiger partial charge on any atom is -0.496 e. The van der Waals surface area contributed by atoms with Crippen molar-refractivity contribution < 1.29 is 46.6 Å². The van der Waals surface area contributed by atoms with Crippen molar-refractivity contribution in [1.29, 1.82) is 0 Å². The number of amides is 2. The molecule has 2 amide bonds. The van der Waals surface area contributed by atoms with Crippen LogP contribution in [0.4, 0.5) is 11.4 Å². The summed E-state index contributed by atoms with van der Waals surface area (Å²) in [5.74, 6) is 1.07. The molecule has 7 rings (SSSR count). The molecule has 324 valence electrons. The Bertz CT molecular complexity index is 2570. The van der Waals surface area contributed by atoms with Gasteiger partial charge in [0.2, 0.25) is 11.8 Å². The van der Waals surface area contributed by atoms with Gasteiger partial charge in [0, 0.05) is 61.3 Å². The first-order chi connectivity index (χ1) is 29.7. The molecule has 2 aliphatic rings. The van der Waals surface area contributed by atoms with Crippen molar-refractivity contribution in [3.8, 4) is 33.8 Å². The molecule has 2 unspecified atom stereocenters. The summed E-state index contributed by atoms with van der Waals surface area (Å²) in [7, 11) is -0.892. The minimum atomic E-state index is -3.95. The van der Waals surface area contributed by atoms with Crippen LogP contribution in [0.2, 0.25) is 0 Å². The zero-order valence-electron chi connectivity index (χ0n) is 34.3. The summed E-state index contributed by atoms with van der Waals surface area (Å²) in [6, 6.07) is 29.3. The average molecular weight is 867 g/mol. The van der Waals surface area contributed by atoms with E-state index in [0.29, 0.717) is 60.4 Å². The number of nitro benzene ring substituents is 2. The van der Waals surface area contributed by atoms with Gasteiger partial charge in [0.15, 0.2) is 0 Å². The Hall–Kier alpha value is -6.69. The van der Waals surface area contributed by atoms with E-state index in [-0.39, 0.29) is 53.9 Å². The SMILES string of the molecule is COc1ccc(CN2C(=O)CCC2CO)cc1-c1cccc([N+](=O)[O-])c1.COc1ccc(CN2C(=O)CCC2COS(=O)(=O)c2ccc(C)cc2)cc1-c1cccc([N+](=O)[O-])c1. The molecule has 0 spiro atoms. The number of methoxy groups -OCH3 is 2. The summed E-state index contributed by atoms with van der Waals surface area (Å²) in [5, 5.41) is 31.7. The molecule has 2 aliphatic heterocycles. The van der Waals surface area contributed by atoms with Crippen molar-refractivity contribution in [3.63, 3.8) is 0 Å². The number of rotatable bonds is 15. The lowest BCUT2D eigenvalue weighted by atomic mass is 10.0. The number of aryl methyl sites for hydroxylation is 1. The van der Waals surface area contributed by atoms with Crippen LogP contribution < -0.4 is 9.47 Å². The number of benzene rings is 5. The van der Waals surface area contributed by atoms with Gasteiger partial charge in [0.25, 0.3) is 21.5 Å². The fraction of sp³-hybridized carbons (Fsp3) is 0.289. The van der Waals surface area contributed by atoms with Gasteiger partial charge in [-0.3, -0.25) is 34.0 Å². The van der Waals surface area contributed by atoms with Gasteiger partial charge in [-0.2, -0.15) is 8.42 Å². The van der Waals surface area contributed by atoms with Crippen LogP contribution in [0.15, 0.2) is 114 Å². The van der Waals surface area contributed by atoms with Crippen molar-refractivity contribution in [2.24, 2.45) is 0 Å². The Kier molecular flexibility index (Phi) is 14.3. The molecular weight excluding hydrogens is 821 g/mol. The maximum absolute atomic E-state index is 12.6. The maximum atomic E-state index is 12.6. The summed E-state index contributed by atoms with van der Waals surface area (Å²) in [6.45, 7) is 2.29. The van der Waals surface area contributed by atoms with Crippen molar-refractivity contribution >= 4 is 33.3 Å². The third kappa shape index (κ3) is 10.6. The van der Waals surface area contributed by atoms with Gasteiger partial charge in [0.1, 0.15) is 11.5 Å². The number of aliphatic hydroxyl groups excluding tert-OH is 1. The average Bonchev–Trinajstić information content (AvgIpc) is 3.82. The molecule has 17 heteroatoms. The number of ether oxygens (including phenoxy) is 2. The number of carbonyl (C=O) groups is 2. The fourth-order valence-corrected chi connectivity index (χ4v) is 8.39. The number of nitrogens with zero attached hydrogens (tertiary/aromatic N) is 4. The predicted molar refractivity (Wildman–Crippen MR) is 229 cm³/mol. The van der Waals surface area contributed by atoms with Crippen LogP contribution in [0, 0.1) is 27.2 Å². The molecule has 16 nitrogen and oxygen atoms in total. The highest BCUT2D eigenvalue weighted by Gasteiger charge is 2.33. The third-order valence-corrected chi connectivity index (χ3v) is 12.1. The van der Waals surface area contributed by atoms with E-state index in [1.165, 1.54) is 43.5 Å². The van der Waals surface area contributed by atoms with Crippen molar-refractivity contribution in [1.82, 2.24) is 9.80 Å². The van der Waals surface area contributed by atoms with Gasteiger partial charge in [-0.05, 0) is 78.4 Å². The molecule has 5 aromatic carbocycles. The smallest absolute Gasteiger partial charge is 0.297 e. The molecule has 2 saturated heterocycles. The molecule has 0 radical (unpaired) electrons. The Labute approximate surface area is 358 Å². The fourth-order valence-electron chi connectivity index (χ4n) is 7.45. The van der Waals surface area contributed by atoms with Crippen LogP contribution >= 0.6 is 0 Å². The van der Waals surface area contributed by atoms with Crippen LogP contribution in [0.25, 0.3) is 22.3 Å². The van der Waals surface area contributed by atoms with Crippen LogP contribution in [0.1, 0.15) is 42.4 Å². The minimum absolute atomic E-state index is 0.00465. The van der Waals surface area contributed by atoms with E-state index in [4.69, 9.17) is 13.7 Å². The summed E-state index contributed by atoms with van der Waals surface area (Å²) < 4.78 is 41.4. The molecule has 0 aromatic heterocycles. The van der Waals surface area contributed by atoms with E-state index >= 15 is 0 Å². The van der Waals surface area contributed by atoms with Gasteiger partial charge < -0.3 is 24.4 Å². The molecule has 0 bridgehead atoms. The van der Waals surface area contributed by atoms with Gasteiger partial charge in [-0.1, -0.05) is 54.1 Å². The molecule has 2 atom stereocenters. The van der Waals surface area contributed by atoms with E-state index < -0.39 is 26.0 Å². The second-order valence-corrected chi connectivity index (χ2v) is 16.5. The Morgan fingerprint density at radius 2 is 1.15 bits per heavy atom. The first kappa shape index (κ1) is 44.9. The number of likely N-dealkylation sites (tertiary alicyclic amines) is 2. The molecule has 1 N–H and O–H groups in total.